The lowest BCUT2D eigenvalue weighted by Gasteiger charge is -2.33. The fourth-order valence-corrected chi connectivity index (χ4v) is 2.07. The van der Waals surface area contributed by atoms with Gasteiger partial charge in [0.2, 0.25) is 0 Å². The number of likely N-dealkylation sites (N-methyl/N-ethyl adjacent to an activating group) is 1. The van der Waals surface area contributed by atoms with Crippen LogP contribution in [0, 0.1) is 5.92 Å². The monoisotopic (exact) mass is 235 g/mol. The molecule has 0 amide bonds. The number of nitrogens with one attached hydrogen (secondary N) is 1. The Kier molecular flexibility index (Phi) is 4.72. The van der Waals surface area contributed by atoms with Gasteiger partial charge in [-0.05, 0) is 30.0 Å². The summed E-state index contributed by atoms with van der Waals surface area (Å²) in [5, 5.41) is 13.8. The SMILES string of the molecule is CNCC(O)(c1ccc(C(C)C)cc1)C(C)C. The van der Waals surface area contributed by atoms with Gasteiger partial charge in [0.1, 0.15) is 5.60 Å². The standard InChI is InChI=1S/C15H25NO/c1-11(2)13-6-8-14(9-7-13)15(17,10-16-5)12(3)4/h6-9,11-12,16-17H,10H2,1-5H3. The molecule has 17 heavy (non-hydrogen) atoms. The Morgan fingerprint density at radius 1 is 1.12 bits per heavy atom. The molecule has 2 nitrogen and oxygen atoms in total. The molecule has 0 aromatic heterocycles. The largest absolute Gasteiger partial charge is 0.384 e. The van der Waals surface area contributed by atoms with Crippen molar-refractivity contribution in [2.75, 3.05) is 13.6 Å². The third kappa shape index (κ3) is 3.08. The average molecular weight is 235 g/mol. The second-order valence-electron chi connectivity index (χ2n) is 5.39. The van der Waals surface area contributed by atoms with Crippen LogP contribution >= 0.6 is 0 Å². The molecule has 0 heterocycles. The van der Waals surface area contributed by atoms with Crippen molar-refractivity contribution in [2.45, 2.75) is 39.2 Å². The molecular formula is C15H25NO. The summed E-state index contributed by atoms with van der Waals surface area (Å²) >= 11 is 0. The Balaban J connectivity index is 3.04. The van der Waals surface area contributed by atoms with Gasteiger partial charge in [-0.3, -0.25) is 0 Å². The first-order chi connectivity index (χ1) is 7.91. The predicted molar refractivity (Wildman–Crippen MR) is 73.2 cm³/mol. The van der Waals surface area contributed by atoms with Crippen molar-refractivity contribution in [2.24, 2.45) is 5.92 Å². The molecule has 0 aliphatic rings. The quantitative estimate of drug-likeness (QED) is 0.822. The second kappa shape index (κ2) is 5.65. The van der Waals surface area contributed by atoms with Crippen LogP contribution in [0.15, 0.2) is 24.3 Å². The van der Waals surface area contributed by atoms with E-state index in [0.717, 1.165) is 5.56 Å². The van der Waals surface area contributed by atoms with Gasteiger partial charge in [0.05, 0.1) is 0 Å². The third-order valence-corrected chi connectivity index (χ3v) is 3.48. The molecule has 0 fully saturated rings. The fraction of sp³-hybridized carbons (Fsp3) is 0.600. The number of benzene rings is 1. The van der Waals surface area contributed by atoms with E-state index in [0.29, 0.717) is 12.5 Å². The minimum Gasteiger partial charge on any atom is -0.384 e. The van der Waals surface area contributed by atoms with E-state index in [-0.39, 0.29) is 5.92 Å². The lowest BCUT2D eigenvalue weighted by atomic mass is 9.82. The summed E-state index contributed by atoms with van der Waals surface area (Å²) in [5.74, 6) is 0.709. The molecule has 1 aromatic carbocycles. The highest BCUT2D eigenvalue weighted by Crippen LogP contribution is 2.30. The van der Waals surface area contributed by atoms with Crippen molar-refractivity contribution in [3.63, 3.8) is 0 Å². The van der Waals surface area contributed by atoms with Crippen LogP contribution in [-0.2, 0) is 5.60 Å². The van der Waals surface area contributed by atoms with Crippen molar-refractivity contribution in [3.05, 3.63) is 35.4 Å². The molecule has 1 rings (SSSR count). The van der Waals surface area contributed by atoms with Crippen LogP contribution < -0.4 is 5.32 Å². The van der Waals surface area contributed by atoms with E-state index in [4.69, 9.17) is 0 Å². The average Bonchev–Trinajstić information content (AvgIpc) is 2.29. The third-order valence-electron chi connectivity index (χ3n) is 3.48. The van der Waals surface area contributed by atoms with Crippen molar-refractivity contribution in [1.29, 1.82) is 0 Å². The summed E-state index contributed by atoms with van der Waals surface area (Å²) in [7, 11) is 1.87. The molecule has 0 spiro atoms. The normalized spacial score (nSPS) is 15.3. The molecule has 96 valence electrons. The molecule has 2 N–H and O–H groups in total. The number of rotatable bonds is 5. The Hall–Kier alpha value is -0.860. The molecule has 0 aliphatic heterocycles. The molecule has 2 heteroatoms. The minimum atomic E-state index is -0.787. The molecule has 1 aromatic rings. The summed E-state index contributed by atoms with van der Waals surface area (Å²) in [5.41, 5.74) is 1.51. The first-order valence-corrected chi connectivity index (χ1v) is 6.39. The van der Waals surface area contributed by atoms with Gasteiger partial charge in [0.25, 0.3) is 0 Å². The number of hydrogen-bond donors (Lipinski definition) is 2. The fourth-order valence-electron chi connectivity index (χ4n) is 2.07. The highest BCUT2D eigenvalue weighted by Gasteiger charge is 2.32. The second-order valence-corrected chi connectivity index (χ2v) is 5.39. The van der Waals surface area contributed by atoms with Gasteiger partial charge in [-0.2, -0.15) is 0 Å². The van der Waals surface area contributed by atoms with Gasteiger partial charge >= 0.3 is 0 Å². The van der Waals surface area contributed by atoms with E-state index < -0.39 is 5.60 Å². The minimum absolute atomic E-state index is 0.180. The van der Waals surface area contributed by atoms with Crippen molar-refractivity contribution >= 4 is 0 Å². The molecule has 0 radical (unpaired) electrons. The molecule has 0 bridgehead atoms. The summed E-state index contributed by atoms with van der Waals surface area (Å²) in [6, 6.07) is 8.32. The van der Waals surface area contributed by atoms with E-state index in [2.05, 4.69) is 31.3 Å². The Labute approximate surface area is 105 Å². The van der Waals surface area contributed by atoms with Gasteiger partial charge in [-0.25, -0.2) is 0 Å². The molecule has 0 saturated heterocycles. The van der Waals surface area contributed by atoms with Crippen LogP contribution in [0.1, 0.15) is 44.7 Å². The highest BCUT2D eigenvalue weighted by atomic mass is 16.3. The first-order valence-electron chi connectivity index (χ1n) is 6.39. The lowest BCUT2D eigenvalue weighted by Crippen LogP contribution is -2.41. The molecule has 1 atom stereocenters. The van der Waals surface area contributed by atoms with Gasteiger partial charge < -0.3 is 10.4 Å². The molecule has 1 unspecified atom stereocenters. The Morgan fingerprint density at radius 3 is 2.00 bits per heavy atom. The van der Waals surface area contributed by atoms with E-state index >= 15 is 0 Å². The van der Waals surface area contributed by atoms with Crippen LogP contribution in [0.4, 0.5) is 0 Å². The molecule has 0 saturated carbocycles. The van der Waals surface area contributed by atoms with Gasteiger partial charge in [-0.1, -0.05) is 52.0 Å². The van der Waals surface area contributed by atoms with E-state index in [9.17, 15) is 5.11 Å². The maximum absolute atomic E-state index is 10.7. The van der Waals surface area contributed by atoms with Crippen molar-refractivity contribution in [3.8, 4) is 0 Å². The van der Waals surface area contributed by atoms with Gasteiger partial charge in [0.15, 0.2) is 0 Å². The van der Waals surface area contributed by atoms with Gasteiger partial charge in [0, 0.05) is 6.54 Å². The number of aliphatic hydroxyl groups is 1. The summed E-state index contributed by atoms with van der Waals surface area (Å²) in [4.78, 5) is 0. The summed E-state index contributed by atoms with van der Waals surface area (Å²) < 4.78 is 0. The van der Waals surface area contributed by atoms with E-state index in [1.807, 2.05) is 33.0 Å². The van der Waals surface area contributed by atoms with Crippen LogP contribution in [0.2, 0.25) is 0 Å². The zero-order chi connectivity index (χ0) is 13.1. The first kappa shape index (κ1) is 14.2. The maximum Gasteiger partial charge on any atom is 0.104 e. The zero-order valence-electron chi connectivity index (χ0n) is 11.6. The Bertz CT molecular complexity index is 342. The zero-order valence-corrected chi connectivity index (χ0v) is 11.6. The molecule has 0 aliphatic carbocycles. The summed E-state index contributed by atoms with van der Waals surface area (Å²) in [6.07, 6.45) is 0. The van der Waals surface area contributed by atoms with Crippen LogP contribution in [0.5, 0.6) is 0 Å². The topological polar surface area (TPSA) is 32.3 Å². The lowest BCUT2D eigenvalue weighted by molar-refractivity contribution is -0.00758. The van der Waals surface area contributed by atoms with Crippen molar-refractivity contribution in [1.82, 2.24) is 5.32 Å². The smallest absolute Gasteiger partial charge is 0.104 e. The van der Waals surface area contributed by atoms with E-state index in [1.165, 1.54) is 5.56 Å². The molecular weight excluding hydrogens is 210 g/mol. The predicted octanol–water partition coefficient (Wildman–Crippen LogP) is 2.87. The van der Waals surface area contributed by atoms with Crippen LogP contribution in [-0.4, -0.2) is 18.7 Å². The Morgan fingerprint density at radius 2 is 1.65 bits per heavy atom. The number of hydrogen-bond acceptors (Lipinski definition) is 2. The summed E-state index contributed by atoms with van der Waals surface area (Å²) in [6.45, 7) is 9.03. The van der Waals surface area contributed by atoms with Crippen LogP contribution in [0.3, 0.4) is 0 Å². The highest BCUT2D eigenvalue weighted by molar-refractivity contribution is 5.29. The van der Waals surface area contributed by atoms with Crippen molar-refractivity contribution < 1.29 is 5.11 Å². The maximum atomic E-state index is 10.7. The van der Waals surface area contributed by atoms with E-state index in [1.54, 1.807) is 0 Å². The van der Waals surface area contributed by atoms with Gasteiger partial charge in [-0.15, -0.1) is 0 Å². The van der Waals surface area contributed by atoms with Crippen LogP contribution in [0.25, 0.3) is 0 Å².